The summed E-state index contributed by atoms with van der Waals surface area (Å²) in [5, 5.41) is 3.33. The number of nitrogens with one attached hydrogen (secondary N) is 1. The lowest BCUT2D eigenvalue weighted by molar-refractivity contribution is 0.0305. The van der Waals surface area contributed by atoms with E-state index in [-0.39, 0.29) is 6.10 Å². The Bertz CT molecular complexity index is 133. The van der Waals surface area contributed by atoms with E-state index < -0.39 is 0 Å². The fourth-order valence-electron chi connectivity index (χ4n) is 1.23. The van der Waals surface area contributed by atoms with E-state index in [9.17, 15) is 0 Å². The van der Waals surface area contributed by atoms with E-state index in [4.69, 9.17) is 14.2 Å². The number of hydrogen-bond donors (Lipinski definition) is 1. The fourth-order valence-corrected chi connectivity index (χ4v) is 1.23. The Morgan fingerprint density at radius 2 is 1.94 bits per heavy atom. The molecule has 0 fully saturated rings. The van der Waals surface area contributed by atoms with Gasteiger partial charge in [0, 0.05) is 26.9 Å². The molecular formula is C12H27NO3. The van der Waals surface area contributed by atoms with Crippen LogP contribution < -0.4 is 5.32 Å². The second kappa shape index (κ2) is 12.9. The molecule has 0 aromatic carbocycles. The summed E-state index contributed by atoms with van der Waals surface area (Å²) < 4.78 is 15.8. The van der Waals surface area contributed by atoms with Crippen molar-refractivity contribution in [1.82, 2.24) is 5.32 Å². The number of rotatable bonds is 12. The zero-order chi connectivity index (χ0) is 12.1. The summed E-state index contributed by atoms with van der Waals surface area (Å²) in [6.07, 6.45) is 2.40. The van der Waals surface area contributed by atoms with E-state index in [0.717, 1.165) is 32.7 Å². The first kappa shape index (κ1) is 15.8. The lowest BCUT2D eigenvalue weighted by Gasteiger charge is -2.13. The molecule has 98 valence electrons. The maximum Gasteiger partial charge on any atom is 0.0700 e. The number of hydrogen-bond acceptors (Lipinski definition) is 4. The van der Waals surface area contributed by atoms with Crippen LogP contribution >= 0.6 is 0 Å². The molecule has 0 aliphatic rings. The minimum absolute atomic E-state index is 0.283. The standard InChI is InChI=1S/C12H27NO3/c1-4-6-13-11-12(2)16-8-5-7-15-10-9-14-3/h12-13H,4-11H2,1-3H3. The third-order valence-corrected chi connectivity index (χ3v) is 2.13. The highest BCUT2D eigenvalue weighted by atomic mass is 16.5. The smallest absolute Gasteiger partial charge is 0.0700 e. The summed E-state index contributed by atoms with van der Waals surface area (Å²) in [7, 11) is 1.68. The molecule has 4 heteroatoms. The van der Waals surface area contributed by atoms with Gasteiger partial charge in [-0.15, -0.1) is 0 Å². The van der Waals surface area contributed by atoms with Crippen molar-refractivity contribution in [1.29, 1.82) is 0 Å². The Balaban J connectivity index is 3.06. The molecule has 0 aliphatic carbocycles. The molecule has 1 atom stereocenters. The summed E-state index contributed by atoms with van der Waals surface area (Å²) in [5.74, 6) is 0. The topological polar surface area (TPSA) is 39.7 Å². The molecule has 0 aromatic rings. The zero-order valence-electron chi connectivity index (χ0n) is 11.0. The number of ether oxygens (including phenoxy) is 3. The molecule has 0 radical (unpaired) electrons. The van der Waals surface area contributed by atoms with Gasteiger partial charge in [0.05, 0.1) is 19.3 Å². The van der Waals surface area contributed by atoms with Crippen molar-refractivity contribution >= 4 is 0 Å². The average Bonchev–Trinajstić information content (AvgIpc) is 2.28. The first-order chi connectivity index (χ1) is 7.81. The van der Waals surface area contributed by atoms with Gasteiger partial charge in [-0.25, -0.2) is 0 Å². The van der Waals surface area contributed by atoms with Crippen LogP contribution in [0, 0.1) is 0 Å². The maximum absolute atomic E-state index is 5.62. The van der Waals surface area contributed by atoms with Gasteiger partial charge >= 0.3 is 0 Å². The van der Waals surface area contributed by atoms with Crippen LogP contribution in [0.2, 0.25) is 0 Å². The summed E-state index contributed by atoms with van der Waals surface area (Å²) in [6, 6.07) is 0. The first-order valence-electron chi connectivity index (χ1n) is 6.20. The quantitative estimate of drug-likeness (QED) is 0.518. The molecule has 0 heterocycles. The Labute approximate surface area is 99.6 Å². The molecule has 0 saturated carbocycles. The van der Waals surface area contributed by atoms with Gasteiger partial charge in [0.15, 0.2) is 0 Å². The molecule has 0 aliphatic heterocycles. The first-order valence-corrected chi connectivity index (χ1v) is 6.20. The van der Waals surface area contributed by atoms with Crippen molar-refractivity contribution in [2.24, 2.45) is 0 Å². The molecule has 1 unspecified atom stereocenters. The van der Waals surface area contributed by atoms with Crippen LogP contribution in [0.4, 0.5) is 0 Å². The summed E-state index contributed by atoms with van der Waals surface area (Å²) >= 11 is 0. The predicted octanol–water partition coefficient (Wildman–Crippen LogP) is 1.44. The highest BCUT2D eigenvalue weighted by Gasteiger charge is 2.00. The van der Waals surface area contributed by atoms with E-state index in [0.29, 0.717) is 13.2 Å². The van der Waals surface area contributed by atoms with Gasteiger partial charge in [-0.1, -0.05) is 6.92 Å². The van der Waals surface area contributed by atoms with Crippen LogP contribution in [0.25, 0.3) is 0 Å². The van der Waals surface area contributed by atoms with Crippen molar-refractivity contribution in [2.45, 2.75) is 32.8 Å². The van der Waals surface area contributed by atoms with Crippen LogP contribution in [-0.4, -0.2) is 52.7 Å². The van der Waals surface area contributed by atoms with Crippen molar-refractivity contribution in [3.8, 4) is 0 Å². The van der Waals surface area contributed by atoms with Crippen LogP contribution in [0.5, 0.6) is 0 Å². The molecule has 0 rings (SSSR count). The molecule has 0 saturated heterocycles. The fraction of sp³-hybridized carbons (Fsp3) is 1.00. The molecule has 0 amide bonds. The Hall–Kier alpha value is -0.160. The van der Waals surface area contributed by atoms with E-state index in [1.807, 2.05) is 0 Å². The van der Waals surface area contributed by atoms with E-state index in [1.54, 1.807) is 7.11 Å². The second-order valence-corrected chi connectivity index (χ2v) is 3.84. The van der Waals surface area contributed by atoms with Crippen molar-refractivity contribution in [3.63, 3.8) is 0 Å². The molecule has 0 spiro atoms. The normalized spacial score (nSPS) is 12.9. The van der Waals surface area contributed by atoms with E-state index >= 15 is 0 Å². The SMILES string of the molecule is CCCNCC(C)OCCCOCCOC. The van der Waals surface area contributed by atoms with Crippen LogP contribution in [0.3, 0.4) is 0 Å². The molecule has 1 N–H and O–H groups in total. The van der Waals surface area contributed by atoms with Crippen LogP contribution in [-0.2, 0) is 14.2 Å². The monoisotopic (exact) mass is 233 g/mol. The predicted molar refractivity (Wildman–Crippen MR) is 65.9 cm³/mol. The summed E-state index contributed by atoms with van der Waals surface area (Å²) in [4.78, 5) is 0. The van der Waals surface area contributed by atoms with Gasteiger partial charge in [0.25, 0.3) is 0 Å². The van der Waals surface area contributed by atoms with Crippen molar-refractivity contribution < 1.29 is 14.2 Å². The second-order valence-electron chi connectivity index (χ2n) is 3.84. The van der Waals surface area contributed by atoms with Gasteiger partial charge in [-0.05, 0) is 26.3 Å². The minimum Gasteiger partial charge on any atom is -0.382 e. The van der Waals surface area contributed by atoms with Gasteiger partial charge in [0.1, 0.15) is 0 Å². The van der Waals surface area contributed by atoms with E-state index in [1.165, 1.54) is 6.42 Å². The van der Waals surface area contributed by atoms with Crippen LogP contribution in [0.1, 0.15) is 26.7 Å². The summed E-state index contributed by atoms with van der Waals surface area (Å²) in [5.41, 5.74) is 0. The average molecular weight is 233 g/mol. The Morgan fingerprint density at radius 3 is 2.62 bits per heavy atom. The highest BCUT2D eigenvalue weighted by molar-refractivity contribution is 4.54. The van der Waals surface area contributed by atoms with Gasteiger partial charge in [0.2, 0.25) is 0 Å². The Kier molecular flexibility index (Phi) is 12.8. The molecule has 4 nitrogen and oxygen atoms in total. The molecule has 0 bridgehead atoms. The van der Waals surface area contributed by atoms with Crippen molar-refractivity contribution in [3.05, 3.63) is 0 Å². The molecular weight excluding hydrogens is 206 g/mol. The maximum atomic E-state index is 5.62. The minimum atomic E-state index is 0.283. The zero-order valence-corrected chi connectivity index (χ0v) is 11.0. The summed E-state index contributed by atoms with van der Waals surface area (Å²) in [6.45, 7) is 9.10. The molecule has 0 aromatic heterocycles. The highest BCUT2D eigenvalue weighted by Crippen LogP contribution is 1.92. The Morgan fingerprint density at radius 1 is 1.12 bits per heavy atom. The van der Waals surface area contributed by atoms with Gasteiger partial charge < -0.3 is 19.5 Å². The van der Waals surface area contributed by atoms with Gasteiger partial charge in [-0.3, -0.25) is 0 Å². The lowest BCUT2D eigenvalue weighted by atomic mass is 10.3. The largest absolute Gasteiger partial charge is 0.382 e. The molecule has 16 heavy (non-hydrogen) atoms. The number of methoxy groups -OCH3 is 1. The van der Waals surface area contributed by atoms with Crippen LogP contribution in [0.15, 0.2) is 0 Å². The van der Waals surface area contributed by atoms with E-state index in [2.05, 4.69) is 19.2 Å². The third-order valence-electron chi connectivity index (χ3n) is 2.13. The van der Waals surface area contributed by atoms with Gasteiger partial charge in [-0.2, -0.15) is 0 Å². The van der Waals surface area contributed by atoms with Crippen molar-refractivity contribution in [2.75, 3.05) is 46.6 Å². The third kappa shape index (κ3) is 11.9. The lowest BCUT2D eigenvalue weighted by Crippen LogP contribution is -2.27.